The monoisotopic (exact) mass is 551 g/mol. The van der Waals surface area contributed by atoms with E-state index in [1.165, 1.54) is 22.3 Å². The summed E-state index contributed by atoms with van der Waals surface area (Å²) >= 11 is 0. The van der Waals surface area contributed by atoms with Gasteiger partial charge >= 0.3 is 0 Å². The minimum Gasteiger partial charge on any atom is -0.308 e. The van der Waals surface area contributed by atoms with E-state index in [-0.39, 0.29) is 5.82 Å². The summed E-state index contributed by atoms with van der Waals surface area (Å²) in [6, 6.07) is 40.3. The topological polar surface area (TPSA) is 78.3 Å². The standard InChI is InChI=1S/C38H25N5/c1-24-7-3-5-9-31(24)27-12-15-36-33(18-27)34-19-28(32-10-6-4-8-25(32)2)13-16-37(34)43(36)35-14-11-26(17-29(35)20-39)30-22-41-38(21-40)42-23-30/h3-19,22-23H,1-2H3. The molecule has 5 aromatic carbocycles. The van der Waals surface area contributed by atoms with Gasteiger partial charge in [-0.1, -0.05) is 66.7 Å². The van der Waals surface area contributed by atoms with E-state index in [1.807, 2.05) is 24.3 Å². The highest BCUT2D eigenvalue weighted by molar-refractivity contribution is 6.12. The van der Waals surface area contributed by atoms with Gasteiger partial charge in [0.1, 0.15) is 12.1 Å². The fourth-order valence-corrected chi connectivity index (χ4v) is 5.95. The van der Waals surface area contributed by atoms with E-state index in [0.717, 1.165) is 49.7 Å². The van der Waals surface area contributed by atoms with Crippen LogP contribution in [0, 0.1) is 36.5 Å². The molecule has 0 aliphatic heterocycles. The highest BCUT2D eigenvalue weighted by atomic mass is 15.0. The molecule has 0 unspecified atom stereocenters. The van der Waals surface area contributed by atoms with Gasteiger partial charge in [-0.05, 0) is 89.2 Å². The summed E-state index contributed by atoms with van der Waals surface area (Å²) in [5.74, 6) is 0.112. The maximum Gasteiger partial charge on any atom is 0.232 e. The second-order valence-corrected chi connectivity index (χ2v) is 10.7. The maximum atomic E-state index is 10.3. The predicted octanol–water partition coefficient (Wildman–Crippen LogP) is 8.93. The molecule has 43 heavy (non-hydrogen) atoms. The van der Waals surface area contributed by atoms with Crippen LogP contribution in [0.15, 0.2) is 116 Å². The van der Waals surface area contributed by atoms with Crippen molar-refractivity contribution in [3.8, 4) is 51.2 Å². The molecule has 5 heteroatoms. The lowest BCUT2D eigenvalue weighted by Crippen LogP contribution is -1.98. The Kier molecular flexibility index (Phi) is 6.27. The lowest BCUT2D eigenvalue weighted by molar-refractivity contribution is 1.11. The Morgan fingerprint density at radius 1 is 0.558 bits per heavy atom. The fraction of sp³-hybridized carbons (Fsp3) is 0.0526. The maximum absolute atomic E-state index is 10.3. The minimum atomic E-state index is 0.112. The molecule has 0 aliphatic carbocycles. The van der Waals surface area contributed by atoms with Gasteiger partial charge in [-0.3, -0.25) is 0 Å². The fourth-order valence-electron chi connectivity index (χ4n) is 5.95. The first-order valence-corrected chi connectivity index (χ1v) is 14.0. The van der Waals surface area contributed by atoms with Crippen molar-refractivity contribution in [2.75, 3.05) is 0 Å². The molecule has 0 saturated heterocycles. The molecule has 0 spiro atoms. The number of aryl methyl sites for hydroxylation is 2. The number of aromatic nitrogens is 3. The van der Waals surface area contributed by atoms with Crippen molar-refractivity contribution in [3.63, 3.8) is 0 Å². The third kappa shape index (κ3) is 4.41. The van der Waals surface area contributed by atoms with Crippen LogP contribution < -0.4 is 0 Å². The van der Waals surface area contributed by atoms with Crippen molar-refractivity contribution >= 4 is 21.8 Å². The molecular formula is C38H25N5. The van der Waals surface area contributed by atoms with Crippen molar-refractivity contribution in [3.05, 3.63) is 138 Å². The molecule has 0 saturated carbocycles. The summed E-state index contributed by atoms with van der Waals surface area (Å²) in [7, 11) is 0. The van der Waals surface area contributed by atoms with Crippen LogP contribution in [0.1, 0.15) is 22.5 Å². The van der Waals surface area contributed by atoms with E-state index in [1.54, 1.807) is 12.4 Å². The van der Waals surface area contributed by atoms with E-state index in [4.69, 9.17) is 5.26 Å². The molecule has 7 rings (SSSR count). The number of benzene rings is 5. The van der Waals surface area contributed by atoms with E-state index in [9.17, 15) is 5.26 Å². The first kappa shape index (κ1) is 25.9. The average molecular weight is 552 g/mol. The SMILES string of the molecule is Cc1ccccc1-c1ccc2c(c1)c1cc(-c3ccccc3C)ccc1n2-c1ccc(-c2cnc(C#N)nc2)cc1C#N. The smallest absolute Gasteiger partial charge is 0.232 e. The van der Waals surface area contributed by atoms with Crippen molar-refractivity contribution in [2.24, 2.45) is 0 Å². The van der Waals surface area contributed by atoms with Gasteiger partial charge in [0.05, 0.1) is 22.3 Å². The summed E-state index contributed by atoms with van der Waals surface area (Å²) in [6.45, 7) is 4.28. The predicted molar refractivity (Wildman–Crippen MR) is 172 cm³/mol. The summed E-state index contributed by atoms with van der Waals surface area (Å²) < 4.78 is 2.19. The normalized spacial score (nSPS) is 11.0. The number of nitrogens with zero attached hydrogens (tertiary/aromatic N) is 5. The van der Waals surface area contributed by atoms with Crippen molar-refractivity contribution in [1.82, 2.24) is 14.5 Å². The van der Waals surface area contributed by atoms with Gasteiger partial charge in [0.15, 0.2) is 0 Å². The van der Waals surface area contributed by atoms with Gasteiger partial charge in [0, 0.05) is 28.7 Å². The van der Waals surface area contributed by atoms with Gasteiger partial charge in [-0.15, -0.1) is 0 Å². The summed E-state index contributed by atoms with van der Waals surface area (Å²) in [6.07, 6.45) is 3.23. The Bertz CT molecular complexity index is 2180. The largest absolute Gasteiger partial charge is 0.308 e. The van der Waals surface area contributed by atoms with Gasteiger partial charge in [0.2, 0.25) is 5.82 Å². The van der Waals surface area contributed by atoms with Crippen LogP contribution in [-0.4, -0.2) is 14.5 Å². The Morgan fingerprint density at radius 3 is 1.60 bits per heavy atom. The average Bonchev–Trinajstić information content (AvgIpc) is 3.37. The number of hydrogen-bond acceptors (Lipinski definition) is 4. The summed E-state index contributed by atoms with van der Waals surface area (Å²) in [4.78, 5) is 8.20. The van der Waals surface area contributed by atoms with Crippen molar-refractivity contribution in [2.45, 2.75) is 13.8 Å². The first-order chi connectivity index (χ1) is 21.1. The second-order valence-electron chi connectivity index (χ2n) is 10.7. The van der Waals surface area contributed by atoms with Gasteiger partial charge in [0.25, 0.3) is 0 Å². The zero-order valence-corrected chi connectivity index (χ0v) is 23.7. The highest BCUT2D eigenvalue weighted by Crippen LogP contribution is 2.39. The number of fused-ring (bicyclic) bond motifs is 3. The summed E-state index contributed by atoms with van der Waals surface area (Å²) in [5.41, 5.74) is 12.1. The molecule has 0 atom stereocenters. The quantitative estimate of drug-likeness (QED) is 0.219. The molecule has 2 heterocycles. The zero-order valence-electron chi connectivity index (χ0n) is 23.7. The highest BCUT2D eigenvalue weighted by Gasteiger charge is 2.18. The van der Waals surface area contributed by atoms with E-state index < -0.39 is 0 Å². The van der Waals surface area contributed by atoms with E-state index in [0.29, 0.717) is 5.56 Å². The van der Waals surface area contributed by atoms with Crippen LogP contribution in [0.5, 0.6) is 0 Å². The number of hydrogen-bond donors (Lipinski definition) is 0. The summed E-state index contributed by atoms with van der Waals surface area (Å²) in [5, 5.41) is 21.6. The molecule has 5 nitrogen and oxygen atoms in total. The lowest BCUT2D eigenvalue weighted by atomic mass is 9.97. The van der Waals surface area contributed by atoms with Crippen LogP contribution in [-0.2, 0) is 0 Å². The second kappa shape index (κ2) is 10.4. The van der Waals surface area contributed by atoms with Crippen molar-refractivity contribution < 1.29 is 0 Å². The third-order valence-corrected chi connectivity index (χ3v) is 8.12. The van der Waals surface area contributed by atoms with Crippen LogP contribution >= 0.6 is 0 Å². The zero-order chi connectivity index (χ0) is 29.5. The molecule has 7 aromatic rings. The Balaban J connectivity index is 1.48. The van der Waals surface area contributed by atoms with Gasteiger partial charge < -0.3 is 4.57 Å². The van der Waals surface area contributed by atoms with E-state index in [2.05, 4.69) is 119 Å². The molecule has 0 radical (unpaired) electrons. The Labute approximate surface area is 249 Å². The molecule has 0 aliphatic rings. The molecule has 0 fully saturated rings. The van der Waals surface area contributed by atoms with Gasteiger partial charge in [-0.2, -0.15) is 10.5 Å². The van der Waals surface area contributed by atoms with Crippen molar-refractivity contribution in [1.29, 1.82) is 10.5 Å². The molecule has 202 valence electrons. The molecule has 0 N–H and O–H groups in total. The Morgan fingerprint density at radius 2 is 1.09 bits per heavy atom. The lowest BCUT2D eigenvalue weighted by Gasteiger charge is -2.12. The molecule has 0 amide bonds. The van der Waals surface area contributed by atoms with E-state index >= 15 is 0 Å². The van der Waals surface area contributed by atoms with Crippen LogP contribution in [0.4, 0.5) is 0 Å². The van der Waals surface area contributed by atoms with Crippen LogP contribution in [0.3, 0.4) is 0 Å². The molecule has 0 bridgehead atoms. The first-order valence-electron chi connectivity index (χ1n) is 14.0. The Hall–Kier alpha value is -6.04. The number of nitriles is 2. The number of rotatable bonds is 4. The van der Waals surface area contributed by atoms with Crippen LogP contribution in [0.2, 0.25) is 0 Å². The third-order valence-electron chi connectivity index (χ3n) is 8.12. The minimum absolute atomic E-state index is 0.112. The van der Waals surface area contributed by atoms with Gasteiger partial charge in [-0.25, -0.2) is 9.97 Å². The molecular weight excluding hydrogens is 526 g/mol. The molecule has 2 aromatic heterocycles. The van der Waals surface area contributed by atoms with Crippen LogP contribution in [0.25, 0.3) is 60.9 Å².